The summed E-state index contributed by atoms with van der Waals surface area (Å²) < 4.78 is 60.5. The van der Waals surface area contributed by atoms with Crippen LogP contribution in [0.15, 0.2) is 0 Å². The minimum atomic E-state index is -1.89. The first-order chi connectivity index (χ1) is 26.1. The second kappa shape index (κ2) is 18.5. The van der Waals surface area contributed by atoms with Crippen LogP contribution in [-0.2, 0) is 52.1 Å². The lowest BCUT2D eigenvalue weighted by Crippen LogP contribution is -2.64. The second-order valence-electron chi connectivity index (χ2n) is 14.0. The molecule has 55 heavy (non-hydrogen) atoms. The van der Waals surface area contributed by atoms with Gasteiger partial charge in [-0.3, -0.25) is 0 Å². The molecule has 6 aliphatic rings. The van der Waals surface area contributed by atoms with Crippen LogP contribution in [0.5, 0.6) is 0 Å². The minimum Gasteiger partial charge on any atom is -0.394 e. The molecule has 0 aromatic rings. The molecular weight excluding hydrogens is 760 g/mol. The van der Waals surface area contributed by atoms with Crippen molar-refractivity contribution in [2.24, 2.45) is 0 Å². The van der Waals surface area contributed by atoms with E-state index in [1.54, 1.807) is 0 Å². The zero-order valence-corrected chi connectivity index (χ0v) is 28.9. The van der Waals surface area contributed by atoms with E-state index in [-0.39, 0.29) is 0 Å². The molecule has 25 heteroatoms. The molecule has 14 N–H and O–H groups in total. The van der Waals surface area contributed by atoms with Gasteiger partial charge in [0.2, 0.25) is 0 Å². The van der Waals surface area contributed by atoms with Gasteiger partial charge in [0.25, 0.3) is 0 Å². The lowest BCUT2D eigenvalue weighted by atomic mass is 10.0. The summed E-state index contributed by atoms with van der Waals surface area (Å²) in [6.07, 6.45) is -38.6. The van der Waals surface area contributed by atoms with Gasteiger partial charge >= 0.3 is 0 Å². The zero-order valence-electron chi connectivity index (χ0n) is 28.9. The maximum Gasteiger partial charge on any atom is 0.187 e. The average molecular weight is 811 g/mol. The van der Waals surface area contributed by atoms with E-state index in [0.717, 1.165) is 0 Å². The molecular formula is C30H50O25. The van der Waals surface area contributed by atoms with Crippen LogP contribution >= 0.6 is 0 Å². The maximum atomic E-state index is 11.4. The molecule has 0 aromatic heterocycles. The summed E-state index contributed by atoms with van der Waals surface area (Å²) in [4.78, 5) is 0. The third-order valence-corrected chi connectivity index (χ3v) is 10.2. The van der Waals surface area contributed by atoms with E-state index in [2.05, 4.69) is 0 Å². The standard InChI is InChI=1S/C30H50O25/c31-1-8-14(34)22(42)30(50-8)55-24-12(54-28-21(41)16(36)10(4-48-28)52-26-19(39)13(33)7(32)2-46-26)6-49-29(23(24)43)53-11-5-47-27(20(40)17(11)37)51-9-3-45-25(44)18(38)15(9)35/h7-44H,1-6H2/t7-,8+,9-,10-,11-,12-,13+,14+,15+,16+,17+,18-,19-,20-,21-,22-,23-,24+,25-,26+,27+,28+,29+,30+/m1/s1. The monoisotopic (exact) mass is 810 g/mol. The lowest BCUT2D eigenvalue weighted by molar-refractivity contribution is -0.372. The number of hydrogen-bond acceptors (Lipinski definition) is 25. The molecule has 0 bridgehead atoms. The highest BCUT2D eigenvalue weighted by molar-refractivity contribution is 4.95. The van der Waals surface area contributed by atoms with Crippen molar-refractivity contribution in [1.29, 1.82) is 0 Å². The molecule has 0 saturated carbocycles. The van der Waals surface area contributed by atoms with E-state index in [1.807, 2.05) is 0 Å². The van der Waals surface area contributed by atoms with Crippen molar-refractivity contribution < 1.29 is 124 Å². The first kappa shape index (κ1) is 43.6. The summed E-state index contributed by atoms with van der Waals surface area (Å²) in [5, 5.41) is 145. The third kappa shape index (κ3) is 9.26. The van der Waals surface area contributed by atoms with E-state index < -0.39 is 187 Å². The first-order valence-corrected chi connectivity index (χ1v) is 17.6. The van der Waals surface area contributed by atoms with Gasteiger partial charge in [-0.15, -0.1) is 0 Å². The fourth-order valence-electron chi connectivity index (χ4n) is 6.80. The summed E-state index contributed by atoms with van der Waals surface area (Å²) in [5.41, 5.74) is 0. The van der Waals surface area contributed by atoms with Gasteiger partial charge in [0.05, 0.1) is 39.6 Å². The molecule has 6 aliphatic heterocycles. The Balaban J connectivity index is 1.09. The van der Waals surface area contributed by atoms with Crippen molar-refractivity contribution in [2.45, 2.75) is 148 Å². The second-order valence-corrected chi connectivity index (χ2v) is 14.0. The molecule has 6 saturated heterocycles. The average Bonchev–Trinajstić information content (AvgIpc) is 3.44. The summed E-state index contributed by atoms with van der Waals surface area (Å²) in [7, 11) is 0. The zero-order chi connectivity index (χ0) is 39.9. The van der Waals surface area contributed by atoms with Crippen molar-refractivity contribution in [1.82, 2.24) is 0 Å². The molecule has 0 aromatic carbocycles. The van der Waals surface area contributed by atoms with Crippen LogP contribution in [0.3, 0.4) is 0 Å². The van der Waals surface area contributed by atoms with Crippen LogP contribution in [0, 0.1) is 0 Å². The number of rotatable bonds is 11. The van der Waals surface area contributed by atoms with Crippen molar-refractivity contribution in [3.05, 3.63) is 0 Å². The van der Waals surface area contributed by atoms with Crippen LogP contribution in [0.4, 0.5) is 0 Å². The van der Waals surface area contributed by atoms with Crippen LogP contribution < -0.4 is 0 Å². The molecule has 0 unspecified atom stereocenters. The Morgan fingerprint density at radius 1 is 0.364 bits per heavy atom. The molecule has 6 heterocycles. The molecule has 25 nitrogen and oxygen atoms in total. The summed E-state index contributed by atoms with van der Waals surface area (Å²) >= 11 is 0. The van der Waals surface area contributed by atoms with Crippen molar-refractivity contribution in [2.75, 3.05) is 39.6 Å². The Labute approximate surface area is 311 Å². The highest BCUT2D eigenvalue weighted by Crippen LogP contribution is 2.33. The normalized spacial score (nSPS) is 54.0. The van der Waals surface area contributed by atoms with E-state index in [9.17, 15) is 71.5 Å². The molecule has 320 valence electrons. The Morgan fingerprint density at radius 3 is 1.27 bits per heavy atom. The Hall–Kier alpha value is -1.00. The Morgan fingerprint density at radius 2 is 0.764 bits per heavy atom. The molecule has 0 radical (unpaired) electrons. The van der Waals surface area contributed by atoms with Crippen molar-refractivity contribution >= 4 is 0 Å². The van der Waals surface area contributed by atoms with Gasteiger partial charge in [-0.2, -0.15) is 0 Å². The van der Waals surface area contributed by atoms with Crippen LogP contribution in [0.2, 0.25) is 0 Å². The van der Waals surface area contributed by atoms with Crippen molar-refractivity contribution in [3.63, 3.8) is 0 Å². The van der Waals surface area contributed by atoms with Gasteiger partial charge in [-0.25, -0.2) is 0 Å². The topological polar surface area (TPSA) is 385 Å². The van der Waals surface area contributed by atoms with Crippen molar-refractivity contribution in [3.8, 4) is 0 Å². The molecule has 0 aliphatic carbocycles. The van der Waals surface area contributed by atoms with Crippen LogP contribution in [0.25, 0.3) is 0 Å². The van der Waals surface area contributed by atoms with Gasteiger partial charge in [-0.1, -0.05) is 0 Å². The highest BCUT2D eigenvalue weighted by Gasteiger charge is 2.53. The number of aliphatic hydroxyl groups is 14. The first-order valence-electron chi connectivity index (χ1n) is 17.6. The molecule has 0 spiro atoms. The molecule has 6 rings (SSSR count). The largest absolute Gasteiger partial charge is 0.394 e. The summed E-state index contributed by atoms with van der Waals surface area (Å²) in [6, 6.07) is 0. The Kier molecular flexibility index (Phi) is 14.7. The highest BCUT2D eigenvalue weighted by atomic mass is 16.8. The predicted octanol–water partition coefficient (Wildman–Crippen LogP) is -10.3. The van der Waals surface area contributed by atoms with Gasteiger partial charge in [0, 0.05) is 0 Å². The maximum absolute atomic E-state index is 11.4. The van der Waals surface area contributed by atoms with Gasteiger partial charge in [0.1, 0.15) is 110 Å². The van der Waals surface area contributed by atoms with Gasteiger partial charge < -0.3 is 124 Å². The fourth-order valence-corrected chi connectivity index (χ4v) is 6.80. The van der Waals surface area contributed by atoms with E-state index >= 15 is 0 Å². The smallest absolute Gasteiger partial charge is 0.187 e. The van der Waals surface area contributed by atoms with Gasteiger partial charge in [-0.05, 0) is 0 Å². The van der Waals surface area contributed by atoms with E-state index in [0.29, 0.717) is 0 Å². The minimum absolute atomic E-state index is 0.392. The fraction of sp³-hybridized carbons (Fsp3) is 1.00. The van der Waals surface area contributed by atoms with E-state index in [1.165, 1.54) is 0 Å². The molecule has 6 fully saturated rings. The molecule has 24 atom stereocenters. The van der Waals surface area contributed by atoms with E-state index in [4.69, 9.17) is 52.1 Å². The van der Waals surface area contributed by atoms with Crippen LogP contribution in [0.1, 0.15) is 0 Å². The number of ether oxygens (including phenoxy) is 11. The summed E-state index contributed by atoms with van der Waals surface area (Å²) in [5.74, 6) is 0. The van der Waals surface area contributed by atoms with Gasteiger partial charge in [0.15, 0.2) is 37.7 Å². The quantitative estimate of drug-likeness (QED) is 0.0921. The SMILES string of the molecule is OC[C@@H]1O[C@@H](O[C@@H]2[C@@H](O)[C@H](O[C@@H]3CO[C@@H](O[C@@H]4CO[C@@H](O)[C@H](O)[C@H]4O)[C@H](O)[C@H]3O)OC[C@H]2O[C@@H]2OC[C@@H](O[C@@H]3OC[C@@H](O)[C@H](O)[C@H]3O)[C@H](O)[C@H]2O)[C@H](O)[C@H]1O. The number of hydrogen-bond donors (Lipinski definition) is 14. The lowest BCUT2D eigenvalue weighted by Gasteiger charge is -2.46. The predicted molar refractivity (Wildman–Crippen MR) is 163 cm³/mol. The third-order valence-electron chi connectivity index (χ3n) is 10.2. The Bertz CT molecular complexity index is 1210. The summed E-state index contributed by atoms with van der Waals surface area (Å²) in [6.45, 7) is -3.00. The number of aliphatic hydroxyl groups excluding tert-OH is 14. The molecule has 0 amide bonds. The van der Waals surface area contributed by atoms with Crippen LogP contribution in [-0.4, -0.2) is 259 Å².